The zero-order valence-corrected chi connectivity index (χ0v) is 4.25. The Hall–Kier alpha value is 0.124. The molecule has 0 aromatic heterocycles. The minimum atomic E-state index is 0.0185. The molecule has 25 valence electrons. The van der Waals surface area contributed by atoms with Crippen LogP contribution in [0.4, 0.5) is 0 Å². The molecule has 0 bridgehead atoms. The fourth-order valence-corrected chi connectivity index (χ4v) is 0. The van der Waals surface area contributed by atoms with Crippen LogP contribution in [0.5, 0.6) is 0 Å². The first-order chi connectivity index (χ1) is 2.27. The van der Waals surface area contributed by atoms with Crippen molar-refractivity contribution < 1.29 is 25.2 Å². The summed E-state index contributed by atoms with van der Waals surface area (Å²) in [4.78, 5) is 9.69. The van der Waals surface area contributed by atoms with Crippen LogP contribution in [-0.2, 0) is 25.2 Å². The van der Waals surface area contributed by atoms with Gasteiger partial charge in [0.25, 0.3) is 0 Å². The molecule has 0 radical (unpaired) electrons. The van der Waals surface area contributed by atoms with Gasteiger partial charge in [0.2, 0.25) is 0 Å². The topological polar surface area (TPSA) is 17.1 Å². The molecule has 0 rings (SSSR count). The van der Waals surface area contributed by atoms with Crippen molar-refractivity contribution in [2.45, 2.75) is 0 Å². The van der Waals surface area contributed by atoms with Crippen molar-refractivity contribution in [1.82, 2.24) is 0 Å². The predicted octanol–water partition coefficient (Wildman–Crippen LogP) is 0.246. The van der Waals surface area contributed by atoms with Crippen LogP contribution in [0.25, 0.3) is 0 Å². The van der Waals surface area contributed by atoms with Gasteiger partial charge in [0.05, 0.1) is 0 Å². The molecule has 0 unspecified atom stereocenters. The first kappa shape index (κ1) is 5.12. The molecule has 0 aromatic carbocycles. The monoisotopic (exact) mass is 103 g/mol. The molecule has 0 atom stereocenters. The van der Waals surface area contributed by atoms with E-state index in [4.69, 9.17) is 0 Å². The van der Waals surface area contributed by atoms with Crippen LogP contribution in [0.15, 0.2) is 12.7 Å². The van der Waals surface area contributed by atoms with Gasteiger partial charge in [-0.25, -0.2) is 0 Å². The van der Waals surface area contributed by atoms with Crippen LogP contribution in [0.3, 0.4) is 0 Å². The Balaban J connectivity index is 3.20. The fraction of sp³-hybridized carbons (Fsp3) is 0. The summed E-state index contributed by atoms with van der Waals surface area (Å²) in [6, 6.07) is 0. The Labute approximate surface area is 42.5 Å². The van der Waals surface area contributed by atoms with Crippen LogP contribution in [0.2, 0.25) is 0 Å². The first-order valence-corrected chi connectivity index (χ1v) is 1.93. The SMILES string of the molecule is C=C[C](=O)[Ti]. The van der Waals surface area contributed by atoms with Crippen molar-refractivity contribution in [2.75, 3.05) is 0 Å². The Kier molecular flexibility index (Phi) is 2.43. The van der Waals surface area contributed by atoms with Crippen molar-refractivity contribution in [2.24, 2.45) is 0 Å². The molecule has 0 amide bonds. The number of allylic oxidation sites excluding steroid dienone is 1. The molecule has 0 N–H and O–H groups in total. The zero-order valence-electron chi connectivity index (χ0n) is 2.69. The number of rotatable bonds is 1. The molecular weight excluding hydrogens is 99.9 g/mol. The van der Waals surface area contributed by atoms with Crippen LogP contribution in [-0.4, -0.2) is 4.09 Å². The summed E-state index contributed by atoms with van der Waals surface area (Å²) in [5, 5.41) is 0. The van der Waals surface area contributed by atoms with Gasteiger partial charge >= 0.3 is 42.0 Å². The Morgan fingerprint density at radius 2 is 2.20 bits per heavy atom. The van der Waals surface area contributed by atoms with Gasteiger partial charge < -0.3 is 0 Å². The van der Waals surface area contributed by atoms with E-state index in [0.717, 1.165) is 0 Å². The second kappa shape index (κ2) is 2.37. The van der Waals surface area contributed by atoms with Crippen LogP contribution in [0.1, 0.15) is 0 Å². The fourth-order valence-electron chi connectivity index (χ4n) is 0. The third-order valence-electron chi connectivity index (χ3n) is 0.185. The molecular formula is C3H3OTi. The summed E-state index contributed by atoms with van der Waals surface area (Å²) in [6.07, 6.45) is 1.28. The summed E-state index contributed by atoms with van der Waals surface area (Å²) in [5.41, 5.74) is 0. The summed E-state index contributed by atoms with van der Waals surface area (Å²) < 4.78 is 0.0185. The molecule has 0 spiro atoms. The van der Waals surface area contributed by atoms with Gasteiger partial charge in [0, 0.05) is 0 Å². The summed E-state index contributed by atoms with van der Waals surface area (Å²) in [6.45, 7) is 3.21. The van der Waals surface area contributed by atoms with Gasteiger partial charge in [-0.3, -0.25) is 0 Å². The quantitative estimate of drug-likeness (QED) is 0.343. The van der Waals surface area contributed by atoms with Gasteiger partial charge in [-0.15, -0.1) is 0 Å². The van der Waals surface area contributed by atoms with E-state index < -0.39 is 0 Å². The van der Waals surface area contributed by atoms with Crippen LogP contribution < -0.4 is 0 Å². The van der Waals surface area contributed by atoms with Crippen molar-refractivity contribution >= 4 is 4.09 Å². The van der Waals surface area contributed by atoms with E-state index in [1.54, 1.807) is 0 Å². The van der Waals surface area contributed by atoms with Gasteiger partial charge in [-0.05, 0) is 0 Å². The molecule has 0 saturated heterocycles. The standard InChI is InChI=1S/C3H3O.Ti/c1-2-3-4;/h2H,1H2;. The van der Waals surface area contributed by atoms with Crippen molar-refractivity contribution in [1.29, 1.82) is 0 Å². The van der Waals surface area contributed by atoms with E-state index in [0.29, 0.717) is 0 Å². The second-order valence-corrected chi connectivity index (χ2v) is 1.34. The van der Waals surface area contributed by atoms with Gasteiger partial charge in [0.15, 0.2) is 0 Å². The predicted molar refractivity (Wildman–Crippen MR) is 15.2 cm³/mol. The third-order valence-corrected chi connectivity index (χ3v) is 0.504. The van der Waals surface area contributed by atoms with Crippen LogP contribution >= 0.6 is 0 Å². The molecule has 0 fully saturated rings. The Bertz CT molecular complexity index is 57.9. The summed E-state index contributed by atoms with van der Waals surface area (Å²) in [7, 11) is 0. The van der Waals surface area contributed by atoms with E-state index in [2.05, 4.69) is 6.58 Å². The number of hydrogen-bond donors (Lipinski definition) is 0. The molecule has 1 nitrogen and oxygen atoms in total. The van der Waals surface area contributed by atoms with E-state index >= 15 is 0 Å². The molecule has 2 heteroatoms. The molecule has 0 aromatic rings. The van der Waals surface area contributed by atoms with Gasteiger partial charge in [0.1, 0.15) is 0 Å². The average Bonchev–Trinajstić information content (AvgIpc) is 1.38. The summed E-state index contributed by atoms with van der Waals surface area (Å²) >= 11 is 1.47. The number of carbonyl (C=O) groups is 1. The van der Waals surface area contributed by atoms with E-state index in [9.17, 15) is 4.79 Å². The summed E-state index contributed by atoms with van der Waals surface area (Å²) in [5.74, 6) is 0. The number of hydrogen-bond acceptors (Lipinski definition) is 1. The normalized spacial score (nSPS) is 6.20. The molecule has 0 aliphatic rings. The first-order valence-electron chi connectivity index (χ1n) is 1.15. The van der Waals surface area contributed by atoms with Crippen molar-refractivity contribution in [3.05, 3.63) is 12.7 Å². The van der Waals surface area contributed by atoms with E-state index in [-0.39, 0.29) is 4.09 Å². The molecule has 5 heavy (non-hydrogen) atoms. The molecule has 0 aliphatic carbocycles. The average molecular weight is 103 g/mol. The van der Waals surface area contributed by atoms with Gasteiger partial charge in [-0.2, -0.15) is 0 Å². The maximum absolute atomic E-state index is 9.69. The second-order valence-electron chi connectivity index (χ2n) is 0.568. The van der Waals surface area contributed by atoms with Crippen molar-refractivity contribution in [3.8, 4) is 0 Å². The molecule has 0 saturated carbocycles. The minimum absolute atomic E-state index is 0.0185. The van der Waals surface area contributed by atoms with Crippen molar-refractivity contribution in [3.63, 3.8) is 0 Å². The van der Waals surface area contributed by atoms with E-state index in [1.165, 1.54) is 26.5 Å². The maximum atomic E-state index is 9.69. The van der Waals surface area contributed by atoms with Crippen LogP contribution in [0, 0.1) is 0 Å². The Morgan fingerprint density at radius 1 is 2.00 bits per heavy atom. The molecule has 0 heterocycles. The third kappa shape index (κ3) is 4.12. The van der Waals surface area contributed by atoms with Gasteiger partial charge in [-0.1, -0.05) is 0 Å². The molecule has 0 aliphatic heterocycles. The number of carbonyl (C=O) groups excluding carboxylic acids is 1. The zero-order chi connectivity index (χ0) is 4.28. The Morgan fingerprint density at radius 3 is 2.20 bits per heavy atom. The van der Waals surface area contributed by atoms with E-state index in [1.807, 2.05) is 0 Å².